The number of hydrogen-bond donors (Lipinski definition) is 1. The number of benzene rings is 2. The Labute approximate surface area is 143 Å². The van der Waals surface area contributed by atoms with E-state index in [9.17, 15) is 4.79 Å². The Kier molecular flexibility index (Phi) is 4.69. The molecule has 0 aliphatic rings. The van der Waals surface area contributed by atoms with Gasteiger partial charge in [0, 0.05) is 40.6 Å². The molecule has 1 N–H and O–H groups in total. The van der Waals surface area contributed by atoms with Gasteiger partial charge in [0.15, 0.2) is 5.16 Å². The van der Waals surface area contributed by atoms with Crippen LogP contribution in [0.5, 0.6) is 0 Å². The highest BCUT2D eigenvalue weighted by Crippen LogP contribution is 2.26. The minimum absolute atomic E-state index is 0.161. The zero-order valence-corrected chi connectivity index (χ0v) is 13.9. The summed E-state index contributed by atoms with van der Waals surface area (Å²) in [6.45, 7) is 0. The summed E-state index contributed by atoms with van der Waals surface area (Å²) >= 11 is 7.39. The van der Waals surface area contributed by atoms with Crippen molar-refractivity contribution < 1.29 is 4.79 Å². The van der Waals surface area contributed by atoms with Gasteiger partial charge < -0.3 is 9.88 Å². The van der Waals surface area contributed by atoms with Crippen molar-refractivity contribution >= 4 is 35.0 Å². The molecule has 0 atom stereocenters. The Morgan fingerprint density at radius 3 is 2.43 bits per heavy atom. The monoisotopic (exact) mass is 343 g/mol. The number of aryl methyl sites for hydroxylation is 1. The second-order valence-electron chi connectivity index (χ2n) is 4.91. The van der Waals surface area contributed by atoms with Crippen LogP contribution >= 0.6 is 23.4 Å². The van der Waals surface area contributed by atoms with Crippen molar-refractivity contribution in [3.63, 3.8) is 0 Å². The van der Waals surface area contributed by atoms with Crippen LogP contribution in [-0.4, -0.2) is 15.5 Å². The number of amides is 1. The molecular weight excluding hydrogens is 330 g/mol. The van der Waals surface area contributed by atoms with Crippen molar-refractivity contribution in [1.29, 1.82) is 0 Å². The van der Waals surface area contributed by atoms with Crippen molar-refractivity contribution in [2.45, 2.75) is 10.1 Å². The van der Waals surface area contributed by atoms with Crippen LogP contribution in [0.4, 0.5) is 5.69 Å². The molecule has 3 rings (SSSR count). The van der Waals surface area contributed by atoms with E-state index in [0.29, 0.717) is 10.6 Å². The molecule has 2 aromatic carbocycles. The first-order chi connectivity index (χ1) is 11.1. The highest BCUT2D eigenvalue weighted by molar-refractivity contribution is 7.99. The highest BCUT2D eigenvalue weighted by Gasteiger charge is 2.07. The molecular formula is C17H14ClN3OS. The van der Waals surface area contributed by atoms with Gasteiger partial charge in [-0.15, -0.1) is 0 Å². The van der Waals surface area contributed by atoms with Crippen molar-refractivity contribution in [2.75, 3.05) is 5.32 Å². The van der Waals surface area contributed by atoms with E-state index in [1.165, 1.54) is 0 Å². The van der Waals surface area contributed by atoms with Gasteiger partial charge in [0.2, 0.25) is 0 Å². The van der Waals surface area contributed by atoms with Crippen molar-refractivity contribution in [1.82, 2.24) is 9.55 Å². The summed E-state index contributed by atoms with van der Waals surface area (Å²) in [6.07, 6.45) is 3.67. The first-order valence-corrected chi connectivity index (χ1v) is 8.13. The minimum Gasteiger partial charge on any atom is -0.329 e. The predicted molar refractivity (Wildman–Crippen MR) is 93.2 cm³/mol. The van der Waals surface area contributed by atoms with Crippen LogP contribution in [0.15, 0.2) is 71.0 Å². The molecule has 1 aromatic heterocycles. The number of rotatable bonds is 4. The molecule has 0 aliphatic heterocycles. The second kappa shape index (κ2) is 6.89. The number of nitrogens with one attached hydrogen (secondary N) is 1. The lowest BCUT2D eigenvalue weighted by molar-refractivity contribution is 0.102. The van der Waals surface area contributed by atoms with E-state index in [4.69, 9.17) is 11.6 Å². The van der Waals surface area contributed by atoms with Crippen molar-refractivity contribution in [2.24, 2.45) is 7.05 Å². The van der Waals surface area contributed by atoms with Crippen molar-refractivity contribution in [3.8, 4) is 0 Å². The molecule has 1 amide bonds. The summed E-state index contributed by atoms with van der Waals surface area (Å²) in [7, 11) is 1.95. The minimum atomic E-state index is -0.161. The zero-order chi connectivity index (χ0) is 16.2. The van der Waals surface area contributed by atoms with Crippen LogP contribution in [0, 0.1) is 0 Å². The summed E-state index contributed by atoms with van der Waals surface area (Å²) in [5.74, 6) is -0.161. The topological polar surface area (TPSA) is 46.9 Å². The number of anilines is 1. The van der Waals surface area contributed by atoms with Crippen LogP contribution in [0.2, 0.25) is 5.02 Å². The van der Waals surface area contributed by atoms with Gasteiger partial charge in [-0.1, -0.05) is 23.4 Å². The third-order valence-electron chi connectivity index (χ3n) is 3.20. The Morgan fingerprint density at radius 2 is 1.83 bits per heavy atom. The van der Waals surface area contributed by atoms with E-state index in [1.54, 1.807) is 42.2 Å². The average Bonchev–Trinajstić information content (AvgIpc) is 2.95. The SMILES string of the molecule is Cn1ccnc1Sc1ccc(NC(=O)c2ccc(Cl)cc2)cc1. The molecule has 0 spiro atoms. The maximum absolute atomic E-state index is 12.1. The largest absolute Gasteiger partial charge is 0.329 e. The molecule has 3 aromatic rings. The lowest BCUT2D eigenvalue weighted by Crippen LogP contribution is -2.11. The number of hydrogen-bond acceptors (Lipinski definition) is 3. The smallest absolute Gasteiger partial charge is 0.255 e. The number of imidazole rings is 1. The Bertz CT molecular complexity index is 813. The summed E-state index contributed by atoms with van der Waals surface area (Å²) in [4.78, 5) is 17.5. The van der Waals surface area contributed by atoms with Gasteiger partial charge >= 0.3 is 0 Å². The van der Waals surface area contributed by atoms with Gasteiger partial charge in [-0.05, 0) is 48.5 Å². The van der Waals surface area contributed by atoms with Crippen LogP contribution in [0.1, 0.15) is 10.4 Å². The summed E-state index contributed by atoms with van der Waals surface area (Å²) in [5.41, 5.74) is 1.31. The van der Waals surface area contributed by atoms with Gasteiger partial charge in [-0.2, -0.15) is 0 Å². The van der Waals surface area contributed by atoms with Gasteiger partial charge in [0.05, 0.1) is 0 Å². The fraction of sp³-hybridized carbons (Fsp3) is 0.0588. The standard InChI is InChI=1S/C17H14ClN3OS/c1-21-11-10-19-17(21)23-15-8-6-14(7-9-15)20-16(22)12-2-4-13(18)5-3-12/h2-11H,1H3,(H,20,22). The molecule has 6 heteroatoms. The Balaban J connectivity index is 1.66. The molecule has 0 fully saturated rings. The second-order valence-corrected chi connectivity index (χ2v) is 6.39. The maximum Gasteiger partial charge on any atom is 0.255 e. The number of carbonyl (C=O) groups is 1. The van der Waals surface area contributed by atoms with E-state index in [-0.39, 0.29) is 5.91 Å². The van der Waals surface area contributed by atoms with Gasteiger partial charge in [-0.3, -0.25) is 4.79 Å². The van der Waals surface area contributed by atoms with E-state index in [0.717, 1.165) is 15.7 Å². The van der Waals surface area contributed by atoms with Crippen LogP contribution in [0.3, 0.4) is 0 Å². The Morgan fingerprint density at radius 1 is 1.13 bits per heavy atom. The lowest BCUT2D eigenvalue weighted by Gasteiger charge is -2.07. The third-order valence-corrected chi connectivity index (χ3v) is 4.54. The number of nitrogens with zero attached hydrogens (tertiary/aromatic N) is 2. The van der Waals surface area contributed by atoms with E-state index in [1.807, 2.05) is 42.1 Å². The van der Waals surface area contributed by atoms with Gasteiger partial charge in [0.25, 0.3) is 5.91 Å². The number of aromatic nitrogens is 2. The maximum atomic E-state index is 12.1. The third kappa shape index (κ3) is 3.94. The zero-order valence-electron chi connectivity index (χ0n) is 12.4. The molecule has 0 bridgehead atoms. The predicted octanol–water partition coefficient (Wildman–Crippen LogP) is 4.48. The summed E-state index contributed by atoms with van der Waals surface area (Å²) < 4.78 is 1.96. The summed E-state index contributed by atoms with van der Waals surface area (Å²) in [5, 5.41) is 4.39. The van der Waals surface area contributed by atoms with Crippen LogP contribution in [-0.2, 0) is 7.05 Å². The fourth-order valence-corrected chi connectivity index (χ4v) is 2.89. The molecule has 116 valence electrons. The van der Waals surface area contributed by atoms with Gasteiger partial charge in [0.1, 0.15) is 0 Å². The van der Waals surface area contributed by atoms with Crippen LogP contribution < -0.4 is 5.32 Å². The average molecular weight is 344 g/mol. The molecule has 0 saturated heterocycles. The highest BCUT2D eigenvalue weighted by atomic mass is 35.5. The van der Waals surface area contributed by atoms with E-state index < -0.39 is 0 Å². The first kappa shape index (κ1) is 15.6. The van der Waals surface area contributed by atoms with E-state index in [2.05, 4.69) is 10.3 Å². The van der Waals surface area contributed by atoms with E-state index >= 15 is 0 Å². The molecule has 4 nitrogen and oxygen atoms in total. The lowest BCUT2D eigenvalue weighted by atomic mass is 10.2. The molecule has 23 heavy (non-hydrogen) atoms. The normalized spacial score (nSPS) is 10.5. The Hall–Kier alpha value is -2.24. The van der Waals surface area contributed by atoms with Crippen LogP contribution in [0.25, 0.3) is 0 Å². The molecule has 1 heterocycles. The molecule has 0 radical (unpaired) electrons. The fourth-order valence-electron chi connectivity index (χ4n) is 1.97. The molecule has 0 aliphatic carbocycles. The quantitative estimate of drug-likeness (QED) is 0.759. The number of carbonyl (C=O) groups excluding carboxylic acids is 1. The summed E-state index contributed by atoms with van der Waals surface area (Å²) in [6, 6.07) is 14.4. The molecule has 0 unspecified atom stereocenters. The van der Waals surface area contributed by atoms with Crippen molar-refractivity contribution in [3.05, 3.63) is 71.5 Å². The van der Waals surface area contributed by atoms with Gasteiger partial charge in [-0.25, -0.2) is 4.98 Å². The first-order valence-electron chi connectivity index (χ1n) is 6.94. The molecule has 0 saturated carbocycles. The number of halogens is 1.